The van der Waals surface area contributed by atoms with Gasteiger partial charge >= 0.3 is 5.51 Å². The van der Waals surface area contributed by atoms with Crippen molar-refractivity contribution < 1.29 is 55.6 Å². The van der Waals surface area contributed by atoms with Gasteiger partial charge in [0.05, 0.1) is 78.2 Å². The lowest BCUT2D eigenvalue weighted by Gasteiger charge is -2.32. The van der Waals surface area contributed by atoms with Crippen LogP contribution in [0, 0.1) is 0 Å². The topological polar surface area (TPSA) is 130 Å². The maximum Gasteiger partial charge on any atom is 0.485 e. The van der Waals surface area contributed by atoms with Crippen LogP contribution >= 0.6 is 23.2 Å². The third kappa shape index (κ3) is 16.3. The van der Waals surface area contributed by atoms with Gasteiger partial charge in [-0.1, -0.05) is 65.7 Å². The summed E-state index contributed by atoms with van der Waals surface area (Å²) in [7, 11) is -3.06. The van der Waals surface area contributed by atoms with E-state index in [-0.39, 0.29) is 44.9 Å². The molecule has 1 atom stereocenters. The Morgan fingerprint density at radius 2 is 1.14 bits per heavy atom. The van der Waals surface area contributed by atoms with Gasteiger partial charge in [-0.05, 0) is 83.6 Å². The highest BCUT2D eigenvalue weighted by Gasteiger charge is 2.42. The summed E-state index contributed by atoms with van der Waals surface area (Å²) in [6, 6.07) is 30.2. The number of fused-ring (bicyclic) bond motifs is 1. The molecule has 4 aromatic carbocycles. The Bertz CT molecular complexity index is 2160. The first kappa shape index (κ1) is 50.3. The molecule has 1 aliphatic heterocycles. The normalized spacial score (nSPS) is 14.3. The summed E-state index contributed by atoms with van der Waals surface area (Å²) in [6.07, 6.45) is 0.712. The molecular weight excluding hydrogens is 910 g/mol. The predicted octanol–water partition coefficient (Wildman–Crippen LogP) is 8.81. The number of alkyl halides is 3. The zero-order valence-corrected chi connectivity index (χ0v) is 38.1. The van der Waals surface area contributed by atoms with Crippen LogP contribution in [-0.2, 0) is 41.3 Å². The van der Waals surface area contributed by atoms with E-state index < -0.39 is 16.5 Å². The first-order chi connectivity index (χ1) is 31.6. The van der Waals surface area contributed by atoms with Crippen molar-refractivity contribution in [2.75, 3.05) is 97.7 Å². The van der Waals surface area contributed by atoms with Crippen LogP contribution in [-0.4, -0.2) is 123 Å². The number of pyridine rings is 1. The van der Waals surface area contributed by atoms with Gasteiger partial charge in [0.25, 0.3) is 0 Å². The SMILES string of the molecule is O=S(N1CCC(Nc2cc(OCCOCCOCCOCCOCCOCCOc3ccc(CO)cc3)nc3ccc(C(c4ccc(Cl)cc4)c4ccc(Cl)cc4)cc23)CC1)C(F)(F)F. The van der Waals surface area contributed by atoms with Crippen LogP contribution in [0.5, 0.6) is 11.6 Å². The molecule has 2 N–H and O–H groups in total. The summed E-state index contributed by atoms with van der Waals surface area (Å²) in [5, 5.41) is 14.7. The average molecular weight is 965 g/mol. The van der Waals surface area contributed by atoms with Crippen molar-refractivity contribution in [1.29, 1.82) is 0 Å². The summed E-state index contributed by atoms with van der Waals surface area (Å²) in [6.45, 7) is 4.73. The minimum absolute atomic E-state index is 0.000153. The van der Waals surface area contributed by atoms with Gasteiger partial charge in [-0.2, -0.15) is 13.2 Å². The van der Waals surface area contributed by atoms with Crippen LogP contribution in [0.2, 0.25) is 10.0 Å². The Morgan fingerprint density at radius 1 is 0.662 bits per heavy atom. The van der Waals surface area contributed by atoms with Gasteiger partial charge in [-0.3, -0.25) is 0 Å². The molecule has 1 unspecified atom stereocenters. The van der Waals surface area contributed by atoms with E-state index in [1.807, 2.05) is 84.9 Å². The number of aliphatic hydroxyl groups excluding tert-OH is 1. The number of hydrogen-bond donors (Lipinski definition) is 2. The molecule has 0 bridgehead atoms. The van der Waals surface area contributed by atoms with E-state index in [9.17, 15) is 17.4 Å². The Kier molecular flexibility index (Phi) is 20.4. The molecule has 1 saturated heterocycles. The van der Waals surface area contributed by atoms with Gasteiger partial charge in [-0.25, -0.2) is 13.5 Å². The summed E-state index contributed by atoms with van der Waals surface area (Å²) < 4.78 is 92.2. The number of nitrogens with zero attached hydrogens (tertiary/aromatic N) is 2. The van der Waals surface area contributed by atoms with Crippen LogP contribution < -0.4 is 14.8 Å². The summed E-state index contributed by atoms with van der Waals surface area (Å²) in [5.41, 5.74) is 0.418. The number of aliphatic hydroxyl groups is 1. The molecule has 2 heterocycles. The van der Waals surface area contributed by atoms with Crippen molar-refractivity contribution in [1.82, 2.24) is 9.29 Å². The maximum absolute atomic E-state index is 13.2. The molecule has 0 radical (unpaired) electrons. The minimum atomic E-state index is -4.80. The monoisotopic (exact) mass is 963 g/mol. The van der Waals surface area contributed by atoms with E-state index in [1.54, 1.807) is 6.07 Å². The standard InChI is InChI=1S/C47H54Cl2F3N3O9S/c48-38-8-3-35(4-9-38)46(36-5-10-39(49)11-6-36)37-7-14-43-42(31-37)44(53-40-15-17-55(18-16-40)65(57)47(50,51)52)32-45(54-43)64-30-28-62-26-24-60-22-20-58-19-21-59-23-25-61-27-29-63-41-12-1-34(33-56)2-13-41/h1-14,31-32,40,46,56H,15-30,33H2,(H,53,54). The molecule has 352 valence electrons. The fraction of sp³-hybridized carbons (Fsp3) is 0.426. The third-order valence-electron chi connectivity index (χ3n) is 10.4. The number of piperidine rings is 1. The van der Waals surface area contributed by atoms with Crippen molar-refractivity contribution in [3.05, 3.63) is 129 Å². The van der Waals surface area contributed by atoms with Crippen LogP contribution in [0.3, 0.4) is 0 Å². The first-order valence-electron chi connectivity index (χ1n) is 21.4. The second-order valence-corrected chi connectivity index (χ2v) is 17.3. The molecule has 0 spiro atoms. The largest absolute Gasteiger partial charge is 0.491 e. The minimum Gasteiger partial charge on any atom is -0.491 e. The fourth-order valence-electron chi connectivity index (χ4n) is 7.11. The van der Waals surface area contributed by atoms with Crippen LogP contribution in [0.15, 0.2) is 97.1 Å². The number of anilines is 1. The molecule has 1 aliphatic rings. The van der Waals surface area contributed by atoms with Gasteiger partial charge in [0.1, 0.15) is 19.0 Å². The number of aromatic nitrogens is 1. The van der Waals surface area contributed by atoms with E-state index in [1.165, 1.54) is 0 Å². The highest BCUT2D eigenvalue weighted by Crippen LogP contribution is 2.37. The number of nitrogens with one attached hydrogen (secondary N) is 1. The molecule has 0 saturated carbocycles. The molecule has 6 rings (SSSR count). The number of ether oxygens (including phenoxy) is 7. The van der Waals surface area contributed by atoms with Gasteiger partial charge in [0, 0.05) is 52.2 Å². The van der Waals surface area contributed by atoms with Crippen molar-refractivity contribution in [3.63, 3.8) is 0 Å². The molecular formula is C47H54Cl2F3N3O9S. The van der Waals surface area contributed by atoms with Gasteiger partial charge < -0.3 is 43.6 Å². The smallest absolute Gasteiger partial charge is 0.485 e. The lowest BCUT2D eigenvalue weighted by atomic mass is 9.84. The van der Waals surface area contributed by atoms with Crippen LogP contribution in [0.1, 0.15) is 41.0 Å². The van der Waals surface area contributed by atoms with Crippen molar-refractivity contribution >= 4 is 50.8 Å². The number of rotatable bonds is 27. The molecule has 5 aromatic rings. The Labute approximate surface area is 389 Å². The second kappa shape index (κ2) is 26.3. The van der Waals surface area contributed by atoms with E-state index >= 15 is 0 Å². The molecule has 65 heavy (non-hydrogen) atoms. The van der Waals surface area contributed by atoms with E-state index in [4.69, 9.17) is 66.5 Å². The zero-order chi connectivity index (χ0) is 45.9. The molecule has 1 fully saturated rings. The highest BCUT2D eigenvalue weighted by molar-refractivity contribution is 7.83. The molecule has 12 nitrogen and oxygen atoms in total. The first-order valence-corrected chi connectivity index (χ1v) is 23.2. The fourth-order valence-corrected chi connectivity index (χ4v) is 8.20. The van der Waals surface area contributed by atoms with Crippen molar-refractivity contribution in [2.24, 2.45) is 0 Å². The van der Waals surface area contributed by atoms with E-state index in [0.29, 0.717) is 106 Å². The molecule has 0 aliphatic carbocycles. The van der Waals surface area contributed by atoms with Crippen LogP contribution in [0.4, 0.5) is 18.9 Å². The van der Waals surface area contributed by atoms with Crippen molar-refractivity contribution in [2.45, 2.75) is 36.9 Å². The second-order valence-electron chi connectivity index (χ2n) is 14.9. The quantitative estimate of drug-likeness (QED) is 0.0387. The lowest BCUT2D eigenvalue weighted by molar-refractivity contribution is -0.0432. The summed E-state index contributed by atoms with van der Waals surface area (Å²) >= 11 is 12.5. The predicted molar refractivity (Wildman–Crippen MR) is 245 cm³/mol. The van der Waals surface area contributed by atoms with Crippen molar-refractivity contribution in [3.8, 4) is 11.6 Å². The van der Waals surface area contributed by atoms with Crippen LogP contribution in [0.25, 0.3) is 10.9 Å². The zero-order valence-electron chi connectivity index (χ0n) is 35.8. The van der Waals surface area contributed by atoms with E-state index in [0.717, 1.165) is 37.7 Å². The van der Waals surface area contributed by atoms with E-state index in [2.05, 4.69) is 11.4 Å². The average Bonchev–Trinajstić information content (AvgIpc) is 3.31. The lowest BCUT2D eigenvalue weighted by Crippen LogP contribution is -2.43. The van der Waals surface area contributed by atoms with Gasteiger partial charge in [0.2, 0.25) is 16.9 Å². The Morgan fingerprint density at radius 3 is 1.63 bits per heavy atom. The number of benzene rings is 4. The molecule has 18 heteroatoms. The van der Waals surface area contributed by atoms with Gasteiger partial charge in [-0.15, -0.1) is 0 Å². The maximum atomic E-state index is 13.2. The molecule has 0 amide bonds. The van der Waals surface area contributed by atoms with Gasteiger partial charge in [0.15, 0.2) is 0 Å². The summed E-state index contributed by atoms with van der Waals surface area (Å²) in [5.74, 6) is 0.906. The third-order valence-corrected chi connectivity index (χ3v) is 12.1. The number of halogens is 5. The summed E-state index contributed by atoms with van der Waals surface area (Å²) in [4.78, 5) is 4.80. The molecule has 1 aromatic heterocycles. The number of hydrogen-bond acceptors (Lipinski definition) is 11. The highest BCUT2D eigenvalue weighted by atomic mass is 35.5. The Balaban J connectivity index is 0.937. The Hall–Kier alpha value is -4.07.